The van der Waals surface area contributed by atoms with E-state index in [1.807, 2.05) is 12.1 Å². The molecule has 2 N–H and O–H groups in total. The number of rotatable bonds is 15. The van der Waals surface area contributed by atoms with Gasteiger partial charge < -0.3 is 19.9 Å². The summed E-state index contributed by atoms with van der Waals surface area (Å²) in [5.41, 5.74) is 6.31. The molecule has 0 aliphatic rings. The van der Waals surface area contributed by atoms with Crippen LogP contribution in [-0.4, -0.2) is 32.4 Å². The van der Waals surface area contributed by atoms with Crippen molar-refractivity contribution in [3.05, 3.63) is 24.3 Å². The number of ether oxygens (including phenoxy) is 3. The minimum Gasteiger partial charge on any atom is -0.491 e. The molecule has 0 aromatic heterocycles. The number of unbranched alkanes of at least 4 members (excludes halogenated alkanes) is 6. The first kappa shape index (κ1) is 21.3. The third-order valence-corrected chi connectivity index (χ3v) is 3.85. The van der Waals surface area contributed by atoms with Crippen molar-refractivity contribution in [3.63, 3.8) is 0 Å². The van der Waals surface area contributed by atoms with E-state index in [1.54, 1.807) is 12.1 Å². The molecular formula is C20H33NO4. The van der Waals surface area contributed by atoms with E-state index in [2.05, 4.69) is 6.92 Å². The van der Waals surface area contributed by atoms with E-state index < -0.39 is 0 Å². The Morgan fingerprint density at radius 2 is 1.52 bits per heavy atom. The lowest BCUT2D eigenvalue weighted by molar-refractivity contribution is -0.145. The number of carbonyl (C=O) groups excluding carboxylic acids is 1. The van der Waals surface area contributed by atoms with Crippen molar-refractivity contribution in [3.8, 4) is 5.75 Å². The van der Waals surface area contributed by atoms with Crippen molar-refractivity contribution in [1.29, 1.82) is 0 Å². The van der Waals surface area contributed by atoms with Crippen LogP contribution >= 0.6 is 0 Å². The second kappa shape index (κ2) is 14.6. The van der Waals surface area contributed by atoms with Gasteiger partial charge in [0.15, 0.2) is 0 Å². The maximum Gasteiger partial charge on any atom is 0.305 e. The van der Waals surface area contributed by atoms with Gasteiger partial charge in [-0.2, -0.15) is 0 Å². The zero-order valence-corrected chi connectivity index (χ0v) is 15.5. The predicted molar refractivity (Wildman–Crippen MR) is 101 cm³/mol. The maximum atomic E-state index is 11.6. The van der Waals surface area contributed by atoms with Crippen molar-refractivity contribution in [2.45, 2.75) is 58.3 Å². The largest absolute Gasteiger partial charge is 0.491 e. The van der Waals surface area contributed by atoms with Crippen LogP contribution in [-0.2, 0) is 14.3 Å². The number of hydrogen-bond acceptors (Lipinski definition) is 5. The van der Waals surface area contributed by atoms with Crippen LogP contribution in [0, 0.1) is 0 Å². The molecule has 0 heterocycles. The van der Waals surface area contributed by atoms with Gasteiger partial charge in [-0.25, -0.2) is 0 Å². The second-order valence-corrected chi connectivity index (χ2v) is 6.12. The van der Waals surface area contributed by atoms with Gasteiger partial charge in [0, 0.05) is 12.1 Å². The number of carbonyl (C=O) groups is 1. The Morgan fingerprint density at radius 3 is 2.24 bits per heavy atom. The van der Waals surface area contributed by atoms with E-state index in [0.717, 1.165) is 18.6 Å². The van der Waals surface area contributed by atoms with Crippen LogP contribution in [0.3, 0.4) is 0 Å². The van der Waals surface area contributed by atoms with Gasteiger partial charge >= 0.3 is 5.97 Å². The smallest absolute Gasteiger partial charge is 0.305 e. The van der Waals surface area contributed by atoms with Crippen LogP contribution in [0.5, 0.6) is 5.75 Å². The SMILES string of the molecule is CCCCCCCCCC(=O)OCCOCCOc1ccc(N)cc1. The molecule has 0 saturated carbocycles. The summed E-state index contributed by atoms with van der Waals surface area (Å²) in [4.78, 5) is 11.6. The number of esters is 1. The second-order valence-electron chi connectivity index (χ2n) is 6.12. The molecule has 0 unspecified atom stereocenters. The molecule has 142 valence electrons. The average Bonchev–Trinajstić information content (AvgIpc) is 2.61. The number of hydrogen-bond donors (Lipinski definition) is 1. The van der Waals surface area contributed by atoms with Gasteiger partial charge in [-0.1, -0.05) is 45.4 Å². The van der Waals surface area contributed by atoms with Gasteiger partial charge in [0.25, 0.3) is 0 Å². The summed E-state index contributed by atoms with van der Waals surface area (Å²) >= 11 is 0. The number of anilines is 1. The van der Waals surface area contributed by atoms with Gasteiger partial charge in [0.2, 0.25) is 0 Å². The lowest BCUT2D eigenvalue weighted by atomic mass is 10.1. The molecule has 1 rings (SSSR count). The van der Waals surface area contributed by atoms with Crippen LogP contribution < -0.4 is 10.5 Å². The fourth-order valence-corrected chi connectivity index (χ4v) is 2.40. The first-order valence-corrected chi connectivity index (χ1v) is 9.44. The summed E-state index contributed by atoms with van der Waals surface area (Å²) in [5, 5.41) is 0. The zero-order valence-electron chi connectivity index (χ0n) is 15.5. The van der Waals surface area contributed by atoms with Crippen molar-refractivity contribution in [1.82, 2.24) is 0 Å². The Hall–Kier alpha value is -1.75. The third kappa shape index (κ3) is 12.3. The van der Waals surface area contributed by atoms with Gasteiger partial charge in [-0.15, -0.1) is 0 Å². The normalized spacial score (nSPS) is 10.6. The fourth-order valence-electron chi connectivity index (χ4n) is 2.40. The lowest BCUT2D eigenvalue weighted by Gasteiger charge is -2.08. The molecule has 0 atom stereocenters. The Morgan fingerprint density at radius 1 is 0.880 bits per heavy atom. The van der Waals surface area contributed by atoms with Crippen molar-refractivity contribution in [2.24, 2.45) is 0 Å². The van der Waals surface area contributed by atoms with Crippen LogP contribution in [0.25, 0.3) is 0 Å². The lowest BCUT2D eigenvalue weighted by Crippen LogP contribution is -2.13. The number of benzene rings is 1. The Bertz CT molecular complexity index is 448. The third-order valence-electron chi connectivity index (χ3n) is 3.85. The van der Waals surface area contributed by atoms with E-state index in [1.165, 1.54) is 32.1 Å². The summed E-state index contributed by atoms with van der Waals surface area (Å²) in [6, 6.07) is 7.23. The highest BCUT2D eigenvalue weighted by Gasteiger charge is 2.02. The van der Waals surface area contributed by atoms with Crippen molar-refractivity contribution in [2.75, 3.05) is 32.2 Å². The fraction of sp³-hybridized carbons (Fsp3) is 0.650. The number of nitrogen functional groups attached to an aromatic ring is 1. The van der Waals surface area contributed by atoms with Crippen LogP contribution in [0.2, 0.25) is 0 Å². The monoisotopic (exact) mass is 351 g/mol. The van der Waals surface area contributed by atoms with Gasteiger partial charge in [0.05, 0.1) is 13.2 Å². The molecule has 0 radical (unpaired) electrons. The van der Waals surface area contributed by atoms with Gasteiger partial charge in [-0.05, 0) is 30.7 Å². The van der Waals surface area contributed by atoms with Gasteiger partial charge in [0.1, 0.15) is 19.0 Å². The average molecular weight is 351 g/mol. The summed E-state index contributed by atoms with van der Waals surface area (Å²) in [7, 11) is 0. The molecule has 1 aromatic rings. The topological polar surface area (TPSA) is 70.8 Å². The molecule has 0 amide bonds. The molecule has 5 nitrogen and oxygen atoms in total. The quantitative estimate of drug-likeness (QED) is 0.289. The molecule has 0 bridgehead atoms. The van der Waals surface area contributed by atoms with E-state index in [0.29, 0.717) is 38.5 Å². The van der Waals surface area contributed by atoms with Crippen molar-refractivity contribution >= 4 is 11.7 Å². The zero-order chi connectivity index (χ0) is 18.2. The molecule has 0 aliphatic carbocycles. The molecule has 5 heteroatoms. The molecular weight excluding hydrogens is 318 g/mol. The van der Waals surface area contributed by atoms with E-state index in [4.69, 9.17) is 19.9 Å². The molecule has 0 aliphatic heterocycles. The Kier molecular flexibility index (Phi) is 12.4. The van der Waals surface area contributed by atoms with E-state index in [9.17, 15) is 4.79 Å². The van der Waals surface area contributed by atoms with Gasteiger partial charge in [-0.3, -0.25) is 4.79 Å². The minimum absolute atomic E-state index is 0.129. The van der Waals surface area contributed by atoms with Crippen LogP contribution in [0.4, 0.5) is 5.69 Å². The molecule has 25 heavy (non-hydrogen) atoms. The highest BCUT2D eigenvalue weighted by molar-refractivity contribution is 5.69. The standard InChI is InChI=1S/C20H33NO4/c1-2-3-4-5-6-7-8-9-20(22)25-17-15-23-14-16-24-19-12-10-18(21)11-13-19/h10-13H,2-9,14-17,21H2,1H3. The highest BCUT2D eigenvalue weighted by atomic mass is 16.6. The first-order chi connectivity index (χ1) is 12.2. The molecule has 0 spiro atoms. The number of nitrogens with two attached hydrogens (primary N) is 1. The Labute approximate surface area is 151 Å². The summed E-state index contributed by atoms with van der Waals surface area (Å²) in [5.74, 6) is 0.634. The maximum absolute atomic E-state index is 11.6. The minimum atomic E-state index is -0.129. The van der Waals surface area contributed by atoms with E-state index >= 15 is 0 Å². The first-order valence-electron chi connectivity index (χ1n) is 9.44. The van der Waals surface area contributed by atoms with E-state index in [-0.39, 0.29) is 5.97 Å². The van der Waals surface area contributed by atoms with Crippen LogP contribution in [0.15, 0.2) is 24.3 Å². The molecule has 0 fully saturated rings. The summed E-state index contributed by atoms with van der Waals surface area (Å²) < 4.78 is 16.0. The predicted octanol–water partition coefficient (Wildman–Crippen LogP) is 4.35. The Balaban J connectivity index is 1.85. The summed E-state index contributed by atoms with van der Waals surface area (Å²) in [6.07, 6.45) is 8.90. The summed E-state index contributed by atoms with van der Waals surface area (Å²) in [6.45, 7) is 3.83. The highest BCUT2D eigenvalue weighted by Crippen LogP contribution is 2.12. The molecule has 0 saturated heterocycles. The molecule has 1 aromatic carbocycles. The van der Waals surface area contributed by atoms with Crippen LogP contribution in [0.1, 0.15) is 58.3 Å². The van der Waals surface area contributed by atoms with Crippen molar-refractivity contribution < 1.29 is 19.0 Å².